The smallest absolute Gasteiger partial charge is 0.307 e. The molecule has 0 aliphatic carbocycles. The van der Waals surface area contributed by atoms with Crippen LogP contribution in [0.15, 0.2) is 18.2 Å². The maximum Gasteiger partial charge on any atom is 0.307 e. The van der Waals surface area contributed by atoms with E-state index in [1.54, 1.807) is 13.8 Å². The summed E-state index contributed by atoms with van der Waals surface area (Å²) in [6.07, 6.45) is 0. The SMILES string of the molecule is Cc1cccc(C(C)C)c1NC(=O)C(C)C(C)C(=O)O. The molecule has 0 spiro atoms. The third kappa shape index (κ3) is 3.59. The number of amides is 1. The predicted molar refractivity (Wildman–Crippen MR) is 79.9 cm³/mol. The monoisotopic (exact) mass is 277 g/mol. The van der Waals surface area contributed by atoms with Crippen LogP contribution in [0.2, 0.25) is 0 Å². The van der Waals surface area contributed by atoms with Crippen LogP contribution in [0.4, 0.5) is 5.69 Å². The van der Waals surface area contributed by atoms with Crippen molar-refractivity contribution in [3.05, 3.63) is 29.3 Å². The summed E-state index contributed by atoms with van der Waals surface area (Å²) in [5.41, 5.74) is 2.85. The third-order valence-electron chi connectivity index (χ3n) is 3.73. The molecular weight excluding hydrogens is 254 g/mol. The fourth-order valence-corrected chi connectivity index (χ4v) is 2.02. The largest absolute Gasteiger partial charge is 0.481 e. The Bertz CT molecular complexity index is 508. The molecule has 1 rings (SSSR count). The van der Waals surface area contributed by atoms with E-state index >= 15 is 0 Å². The Balaban J connectivity index is 2.99. The Morgan fingerprint density at radius 2 is 1.70 bits per heavy atom. The quantitative estimate of drug-likeness (QED) is 0.866. The first-order chi connectivity index (χ1) is 9.25. The van der Waals surface area contributed by atoms with Crippen molar-refractivity contribution < 1.29 is 14.7 Å². The summed E-state index contributed by atoms with van der Waals surface area (Å²) < 4.78 is 0. The van der Waals surface area contributed by atoms with Gasteiger partial charge in [0.05, 0.1) is 5.92 Å². The standard InChI is InChI=1S/C16H23NO3/c1-9(2)13-8-6-7-10(3)14(13)17-15(18)11(4)12(5)16(19)20/h6-9,11-12H,1-5H3,(H,17,18)(H,19,20). The molecule has 0 aliphatic rings. The van der Waals surface area contributed by atoms with Crippen molar-refractivity contribution in [2.75, 3.05) is 5.32 Å². The molecule has 1 aromatic carbocycles. The van der Waals surface area contributed by atoms with Crippen LogP contribution in [0.3, 0.4) is 0 Å². The molecule has 2 unspecified atom stereocenters. The van der Waals surface area contributed by atoms with Crippen molar-refractivity contribution in [2.24, 2.45) is 11.8 Å². The second-order valence-corrected chi connectivity index (χ2v) is 5.60. The number of hydrogen-bond acceptors (Lipinski definition) is 2. The van der Waals surface area contributed by atoms with Crippen molar-refractivity contribution in [2.45, 2.75) is 40.5 Å². The summed E-state index contributed by atoms with van der Waals surface area (Å²) in [7, 11) is 0. The van der Waals surface area contributed by atoms with Gasteiger partial charge in [-0.15, -0.1) is 0 Å². The first-order valence-corrected chi connectivity index (χ1v) is 6.88. The highest BCUT2D eigenvalue weighted by molar-refractivity contribution is 5.96. The summed E-state index contributed by atoms with van der Waals surface area (Å²) in [5.74, 6) is -2.20. The molecule has 0 radical (unpaired) electrons. The molecule has 0 aromatic heterocycles. The molecule has 0 aliphatic heterocycles. The molecule has 0 fully saturated rings. The Labute approximate surface area is 120 Å². The highest BCUT2D eigenvalue weighted by Crippen LogP contribution is 2.28. The molecule has 0 saturated heterocycles. The van der Waals surface area contributed by atoms with E-state index in [4.69, 9.17) is 5.11 Å². The number of carboxylic acid groups (broad SMARTS) is 1. The fourth-order valence-electron chi connectivity index (χ4n) is 2.02. The molecule has 20 heavy (non-hydrogen) atoms. The van der Waals surface area contributed by atoms with Crippen LogP contribution >= 0.6 is 0 Å². The molecule has 4 nitrogen and oxygen atoms in total. The van der Waals surface area contributed by atoms with E-state index in [0.29, 0.717) is 0 Å². The third-order valence-corrected chi connectivity index (χ3v) is 3.73. The van der Waals surface area contributed by atoms with Crippen molar-refractivity contribution >= 4 is 17.6 Å². The van der Waals surface area contributed by atoms with E-state index in [0.717, 1.165) is 16.8 Å². The molecule has 1 aromatic rings. The molecule has 0 heterocycles. The molecule has 2 atom stereocenters. The Morgan fingerprint density at radius 3 is 2.20 bits per heavy atom. The van der Waals surface area contributed by atoms with Crippen molar-refractivity contribution in [3.63, 3.8) is 0 Å². The highest BCUT2D eigenvalue weighted by Gasteiger charge is 2.26. The minimum Gasteiger partial charge on any atom is -0.481 e. The van der Waals surface area contributed by atoms with Gasteiger partial charge in [0.25, 0.3) is 0 Å². The van der Waals surface area contributed by atoms with E-state index in [1.807, 2.05) is 25.1 Å². The lowest BCUT2D eigenvalue weighted by molar-refractivity contribution is -0.145. The summed E-state index contributed by atoms with van der Waals surface area (Å²) in [4.78, 5) is 23.2. The topological polar surface area (TPSA) is 66.4 Å². The zero-order valence-corrected chi connectivity index (χ0v) is 12.7. The van der Waals surface area contributed by atoms with Crippen LogP contribution in [-0.4, -0.2) is 17.0 Å². The molecule has 0 bridgehead atoms. The van der Waals surface area contributed by atoms with E-state index in [2.05, 4.69) is 19.2 Å². The lowest BCUT2D eigenvalue weighted by Crippen LogP contribution is -2.30. The van der Waals surface area contributed by atoms with Crippen LogP contribution in [0.25, 0.3) is 0 Å². The van der Waals surface area contributed by atoms with Gasteiger partial charge in [-0.25, -0.2) is 0 Å². The minimum atomic E-state index is -0.957. The van der Waals surface area contributed by atoms with Gasteiger partial charge in [0, 0.05) is 11.6 Å². The van der Waals surface area contributed by atoms with Crippen LogP contribution < -0.4 is 5.32 Å². The average molecular weight is 277 g/mol. The van der Waals surface area contributed by atoms with E-state index < -0.39 is 17.8 Å². The average Bonchev–Trinajstić information content (AvgIpc) is 2.38. The normalized spacial score (nSPS) is 13.9. The van der Waals surface area contributed by atoms with Gasteiger partial charge in [-0.1, -0.05) is 45.9 Å². The van der Waals surface area contributed by atoms with Crippen molar-refractivity contribution in [3.8, 4) is 0 Å². The van der Waals surface area contributed by atoms with Crippen LogP contribution in [0.5, 0.6) is 0 Å². The van der Waals surface area contributed by atoms with Gasteiger partial charge in [0.1, 0.15) is 0 Å². The molecular formula is C16H23NO3. The number of nitrogens with one attached hydrogen (secondary N) is 1. The lowest BCUT2D eigenvalue weighted by Gasteiger charge is -2.20. The van der Waals surface area contributed by atoms with Gasteiger partial charge >= 0.3 is 5.97 Å². The zero-order valence-electron chi connectivity index (χ0n) is 12.7. The number of carboxylic acids is 1. The lowest BCUT2D eigenvalue weighted by atomic mass is 9.94. The van der Waals surface area contributed by atoms with Crippen molar-refractivity contribution in [1.29, 1.82) is 0 Å². The van der Waals surface area contributed by atoms with E-state index in [9.17, 15) is 9.59 Å². The van der Waals surface area contributed by atoms with E-state index in [1.165, 1.54) is 0 Å². The minimum absolute atomic E-state index is 0.254. The highest BCUT2D eigenvalue weighted by atomic mass is 16.4. The number of rotatable bonds is 5. The summed E-state index contributed by atoms with van der Waals surface area (Å²) in [5, 5.41) is 11.9. The number of carbonyl (C=O) groups excluding carboxylic acids is 1. The Morgan fingerprint density at radius 1 is 1.10 bits per heavy atom. The summed E-state index contributed by atoms with van der Waals surface area (Å²) in [6, 6.07) is 5.88. The van der Waals surface area contributed by atoms with E-state index in [-0.39, 0.29) is 11.8 Å². The number of para-hydroxylation sites is 1. The summed E-state index contributed by atoms with van der Waals surface area (Å²) >= 11 is 0. The van der Waals surface area contributed by atoms with Gasteiger partial charge in [-0.3, -0.25) is 9.59 Å². The second-order valence-electron chi connectivity index (χ2n) is 5.60. The first-order valence-electron chi connectivity index (χ1n) is 6.88. The van der Waals surface area contributed by atoms with Gasteiger partial charge < -0.3 is 10.4 Å². The Hall–Kier alpha value is -1.84. The zero-order chi connectivity index (χ0) is 15.4. The Kier molecular flexibility index (Phi) is 5.31. The maximum absolute atomic E-state index is 12.2. The predicted octanol–water partition coefficient (Wildman–Crippen LogP) is 3.41. The molecule has 2 N–H and O–H groups in total. The van der Waals surface area contributed by atoms with Gasteiger partial charge in [0.15, 0.2) is 0 Å². The van der Waals surface area contributed by atoms with Crippen LogP contribution in [-0.2, 0) is 9.59 Å². The molecule has 0 saturated carbocycles. The molecule has 4 heteroatoms. The molecule has 1 amide bonds. The number of aliphatic carboxylic acids is 1. The van der Waals surface area contributed by atoms with Gasteiger partial charge in [-0.2, -0.15) is 0 Å². The number of anilines is 1. The van der Waals surface area contributed by atoms with Crippen molar-refractivity contribution in [1.82, 2.24) is 0 Å². The van der Waals surface area contributed by atoms with Gasteiger partial charge in [-0.05, 0) is 24.0 Å². The summed E-state index contributed by atoms with van der Waals surface area (Å²) in [6.45, 7) is 9.25. The number of hydrogen-bond donors (Lipinski definition) is 2. The number of aryl methyl sites for hydroxylation is 1. The van der Waals surface area contributed by atoms with Gasteiger partial charge in [0.2, 0.25) is 5.91 Å². The van der Waals surface area contributed by atoms with Crippen LogP contribution in [0.1, 0.15) is 44.7 Å². The second kappa shape index (κ2) is 6.55. The van der Waals surface area contributed by atoms with Crippen LogP contribution in [0, 0.1) is 18.8 Å². The number of benzene rings is 1. The first kappa shape index (κ1) is 16.2. The maximum atomic E-state index is 12.2. The number of carbonyl (C=O) groups is 2. The molecule has 110 valence electrons. The fraction of sp³-hybridized carbons (Fsp3) is 0.500.